The van der Waals surface area contributed by atoms with Gasteiger partial charge in [-0.15, -0.1) is 0 Å². The highest BCUT2D eigenvalue weighted by Crippen LogP contribution is 2.25. The van der Waals surface area contributed by atoms with E-state index in [9.17, 15) is 13.9 Å². The Hall–Kier alpha value is -0.710. The second kappa shape index (κ2) is 4.21. The second-order valence-corrected chi connectivity index (χ2v) is 3.52. The van der Waals surface area contributed by atoms with E-state index in [0.29, 0.717) is 0 Å². The molecular weight excluding hydrogens is 212 g/mol. The summed E-state index contributed by atoms with van der Waals surface area (Å²) < 4.78 is 26.4. The average Bonchev–Trinajstić information content (AvgIpc) is 2.01. The van der Waals surface area contributed by atoms with Crippen LogP contribution in [0.4, 0.5) is 8.78 Å². The van der Waals surface area contributed by atoms with Crippen molar-refractivity contribution < 1.29 is 13.9 Å². The normalized spacial score (nSPS) is 15.3. The lowest BCUT2D eigenvalue weighted by atomic mass is 10.0. The predicted molar refractivity (Wildman–Crippen MR) is 50.0 cm³/mol. The Morgan fingerprint density at radius 1 is 1.36 bits per heavy atom. The van der Waals surface area contributed by atoms with Crippen LogP contribution in [0.5, 0.6) is 0 Å². The van der Waals surface area contributed by atoms with Crippen LogP contribution in [0.1, 0.15) is 18.6 Å². The Balaban J connectivity index is 3.20. The molecule has 1 rings (SSSR count). The molecule has 0 saturated heterocycles. The lowest BCUT2D eigenvalue weighted by Gasteiger charge is -2.16. The number of aliphatic hydroxyl groups is 1. The van der Waals surface area contributed by atoms with E-state index in [-0.39, 0.29) is 5.02 Å². The van der Waals surface area contributed by atoms with Gasteiger partial charge in [0.15, 0.2) is 0 Å². The third kappa shape index (κ3) is 2.20. The largest absolute Gasteiger partial charge is 0.387 e. The molecule has 0 bridgehead atoms. The third-order valence-electron chi connectivity index (χ3n) is 1.84. The molecule has 0 amide bonds. The summed E-state index contributed by atoms with van der Waals surface area (Å²) in [4.78, 5) is 0. The maximum Gasteiger partial charge on any atom is 0.133 e. The Morgan fingerprint density at radius 2 is 1.79 bits per heavy atom. The SMILES string of the molecule is C[C@@H](N)[C@@H](O)c1c(F)cc(Cl)cc1F. The molecule has 0 aliphatic rings. The van der Waals surface area contributed by atoms with E-state index in [2.05, 4.69) is 0 Å². The number of hydrogen-bond acceptors (Lipinski definition) is 2. The summed E-state index contributed by atoms with van der Waals surface area (Å²) in [5.41, 5.74) is 4.89. The van der Waals surface area contributed by atoms with Crippen molar-refractivity contribution in [3.8, 4) is 0 Å². The van der Waals surface area contributed by atoms with Gasteiger partial charge in [0.1, 0.15) is 11.6 Å². The number of aliphatic hydroxyl groups excluding tert-OH is 1. The summed E-state index contributed by atoms with van der Waals surface area (Å²) in [6, 6.07) is 1.12. The van der Waals surface area contributed by atoms with E-state index in [1.165, 1.54) is 6.92 Å². The average molecular weight is 222 g/mol. The van der Waals surface area contributed by atoms with Crippen molar-refractivity contribution in [1.29, 1.82) is 0 Å². The van der Waals surface area contributed by atoms with Gasteiger partial charge in [0, 0.05) is 11.1 Å². The van der Waals surface area contributed by atoms with Crippen LogP contribution in [0.25, 0.3) is 0 Å². The number of hydrogen-bond donors (Lipinski definition) is 2. The highest BCUT2D eigenvalue weighted by Gasteiger charge is 2.21. The smallest absolute Gasteiger partial charge is 0.133 e. The summed E-state index contributed by atoms with van der Waals surface area (Å²) >= 11 is 5.41. The molecule has 1 aromatic carbocycles. The lowest BCUT2D eigenvalue weighted by molar-refractivity contribution is 0.144. The minimum Gasteiger partial charge on any atom is -0.387 e. The molecule has 3 N–H and O–H groups in total. The van der Waals surface area contributed by atoms with Crippen LogP contribution in [0, 0.1) is 11.6 Å². The zero-order valence-corrected chi connectivity index (χ0v) is 8.22. The highest BCUT2D eigenvalue weighted by atomic mass is 35.5. The molecule has 2 atom stereocenters. The summed E-state index contributed by atoms with van der Waals surface area (Å²) in [6.07, 6.45) is -1.37. The Kier molecular flexibility index (Phi) is 3.42. The van der Waals surface area contributed by atoms with Crippen molar-refractivity contribution >= 4 is 11.6 Å². The molecule has 0 spiro atoms. The van der Waals surface area contributed by atoms with Crippen LogP contribution >= 0.6 is 11.6 Å². The van der Waals surface area contributed by atoms with Crippen molar-refractivity contribution in [2.75, 3.05) is 0 Å². The van der Waals surface area contributed by atoms with Gasteiger partial charge in [-0.2, -0.15) is 0 Å². The van der Waals surface area contributed by atoms with E-state index < -0.39 is 29.3 Å². The van der Waals surface area contributed by atoms with Crippen LogP contribution in [-0.2, 0) is 0 Å². The molecule has 14 heavy (non-hydrogen) atoms. The molecule has 0 heterocycles. The summed E-state index contributed by atoms with van der Waals surface area (Å²) in [5, 5.41) is 9.35. The first kappa shape index (κ1) is 11.4. The van der Waals surface area contributed by atoms with Crippen molar-refractivity contribution in [3.63, 3.8) is 0 Å². The molecule has 0 aliphatic carbocycles. The zero-order chi connectivity index (χ0) is 10.9. The summed E-state index contributed by atoms with van der Waals surface area (Å²) in [5.74, 6) is -1.78. The van der Waals surface area contributed by atoms with Crippen molar-refractivity contribution in [2.45, 2.75) is 19.1 Å². The second-order valence-electron chi connectivity index (χ2n) is 3.09. The number of rotatable bonds is 2. The van der Waals surface area contributed by atoms with E-state index in [1.807, 2.05) is 0 Å². The fourth-order valence-corrected chi connectivity index (χ4v) is 1.29. The van der Waals surface area contributed by atoms with E-state index in [1.54, 1.807) is 0 Å². The molecule has 0 unspecified atom stereocenters. The maximum absolute atomic E-state index is 13.2. The predicted octanol–water partition coefficient (Wildman–Crippen LogP) is 2.00. The lowest BCUT2D eigenvalue weighted by Crippen LogP contribution is -2.26. The monoisotopic (exact) mass is 221 g/mol. The van der Waals surface area contributed by atoms with Crippen LogP contribution in [0.3, 0.4) is 0 Å². The van der Waals surface area contributed by atoms with Gasteiger partial charge in [0.2, 0.25) is 0 Å². The molecule has 0 aliphatic heterocycles. The fraction of sp³-hybridized carbons (Fsp3) is 0.333. The molecule has 2 nitrogen and oxygen atoms in total. The number of benzene rings is 1. The van der Waals surface area contributed by atoms with Gasteiger partial charge in [-0.3, -0.25) is 0 Å². The van der Waals surface area contributed by atoms with Gasteiger partial charge in [0.25, 0.3) is 0 Å². The fourth-order valence-electron chi connectivity index (χ4n) is 1.10. The van der Waals surface area contributed by atoms with Crippen molar-refractivity contribution in [3.05, 3.63) is 34.4 Å². The Morgan fingerprint density at radius 3 is 2.14 bits per heavy atom. The van der Waals surface area contributed by atoms with Crippen LogP contribution in [0.15, 0.2) is 12.1 Å². The first-order valence-electron chi connectivity index (χ1n) is 4.01. The van der Waals surface area contributed by atoms with Gasteiger partial charge in [0.05, 0.1) is 11.7 Å². The summed E-state index contributed by atoms with van der Waals surface area (Å²) in [7, 11) is 0. The Labute approximate surface area is 85.3 Å². The number of halogens is 3. The van der Waals surface area contributed by atoms with E-state index in [0.717, 1.165) is 12.1 Å². The molecular formula is C9H10ClF2NO. The van der Waals surface area contributed by atoms with Gasteiger partial charge < -0.3 is 10.8 Å². The molecule has 1 aromatic rings. The molecule has 5 heteroatoms. The standard InChI is InChI=1S/C9H10ClF2NO/c1-4(13)9(14)8-6(11)2-5(10)3-7(8)12/h2-4,9,14H,13H2,1H3/t4-,9-/m1/s1. The molecule has 0 radical (unpaired) electrons. The Bertz CT molecular complexity index is 321. The third-order valence-corrected chi connectivity index (χ3v) is 2.06. The van der Waals surface area contributed by atoms with Crippen LogP contribution in [-0.4, -0.2) is 11.1 Å². The minimum absolute atomic E-state index is 0.0550. The van der Waals surface area contributed by atoms with E-state index >= 15 is 0 Å². The van der Waals surface area contributed by atoms with Gasteiger partial charge in [-0.25, -0.2) is 8.78 Å². The zero-order valence-electron chi connectivity index (χ0n) is 7.47. The highest BCUT2D eigenvalue weighted by molar-refractivity contribution is 6.30. The van der Waals surface area contributed by atoms with Crippen LogP contribution in [0.2, 0.25) is 5.02 Å². The first-order chi connectivity index (χ1) is 6.43. The van der Waals surface area contributed by atoms with Gasteiger partial charge in [-0.05, 0) is 19.1 Å². The maximum atomic E-state index is 13.2. The van der Waals surface area contributed by atoms with Crippen LogP contribution < -0.4 is 5.73 Å². The van der Waals surface area contributed by atoms with Gasteiger partial charge in [-0.1, -0.05) is 11.6 Å². The molecule has 78 valence electrons. The molecule has 0 fully saturated rings. The first-order valence-corrected chi connectivity index (χ1v) is 4.39. The topological polar surface area (TPSA) is 46.2 Å². The van der Waals surface area contributed by atoms with E-state index in [4.69, 9.17) is 17.3 Å². The minimum atomic E-state index is -1.37. The van der Waals surface area contributed by atoms with Crippen molar-refractivity contribution in [1.82, 2.24) is 0 Å². The quantitative estimate of drug-likeness (QED) is 0.803. The van der Waals surface area contributed by atoms with Gasteiger partial charge >= 0.3 is 0 Å². The number of nitrogens with two attached hydrogens (primary N) is 1. The molecule has 0 saturated carbocycles. The molecule has 0 aromatic heterocycles. The summed E-state index contributed by atoms with van der Waals surface area (Å²) in [6.45, 7) is 1.46. The van der Waals surface area contributed by atoms with Crippen molar-refractivity contribution in [2.24, 2.45) is 5.73 Å².